The Balaban J connectivity index is 1.82. The van der Waals surface area contributed by atoms with E-state index in [1.54, 1.807) is 7.11 Å². The second kappa shape index (κ2) is 5.97. The summed E-state index contributed by atoms with van der Waals surface area (Å²) in [6, 6.07) is 17.3. The van der Waals surface area contributed by atoms with Crippen LogP contribution in [0.2, 0.25) is 0 Å². The van der Waals surface area contributed by atoms with Gasteiger partial charge in [0.25, 0.3) is 5.91 Å². The van der Waals surface area contributed by atoms with Gasteiger partial charge in [0.05, 0.1) is 12.0 Å². The van der Waals surface area contributed by atoms with Crippen molar-refractivity contribution < 1.29 is 9.53 Å². The fraction of sp³-hybridized carbons (Fsp3) is 0.0588. The van der Waals surface area contributed by atoms with Gasteiger partial charge in [0.1, 0.15) is 10.8 Å². The minimum atomic E-state index is -0.185. The van der Waals surface area contributed by atoms with Crippen molar-refractivity contribution in [2.75, 3.05) is 7.11 Å². The van der Waals surface area contributed by atoms with Gasteiger partial charge in [0.2, 0.25) is 0 Å². The maximum absolute atomic E-state index is 12.0. The molecule has 0 unspecified atom stereocenters. The molecule has 0 bridgehead atoms. The number of hydrogen-bond donors (Lipinski definition) is 0. The summed E-state index contributed by atoms with van der Waals surface area (Å²) >= 11 is 1.41. The Labute approximate surface area is 127 Å². The SMILES string of the molecule is COc1ccc(/C=C2/SC(c3ccccc3)=NC2=O)cc1. The summed E-state index contributed by atoms with van der Waals surface area (Å²) in [6.07, 6.45) is 1.85. The summed E-state index contributed by atoms with van der Waals surface area (Å²) in [5.74, 6) is 0.610. The molecule has 3 nitrogen and oxygen atoms in total. The van der Waals surface area contributed by atoms with Crippen molar-refractivity contribution in [3.05, 3.63) is 70.6 Å². The van der Waals surface area contributed by atoms with Crippen LogP contribution in [0.5, 0.6) is 5.75 Å². The molecule has 0 N–H and O–H groups in total. The van der Waals surface area contributed by atoms with Crippen molar-refractivity contribution in [2.45, 2.75) is 0 Å². The molecular formula is C17H13NO2S. The summed E-state index contributed by atoms with van der Waals surface area (Å²) in [7, 11) is 1.63. The highest BCUT2D eigenvalue weighted by molar-refractivity contribution is 8.19. The summed E-state index contributed by atoms with van der Waals surface area (Å²) in [4.78, 5) is 16.7. The topological polar surface area (TPSA) is 38.7 Å². The highest BCUT2D eigenvalue weighted by Gasteiger charge is 2.22. The maximum Gasteiger partial charge on any atom is 0.284 e. The third kappa shape index (κ3) is 3.06. The largest absolute Gasteiger partial charge is 0.497 e. The van der Waals surface area contributed by atoms with Crippen molar-refractivity contribution in [3.8, 4) is 5.75 Å². The molecule has 1 aliphatic heterocycles. The monoisotopic (exact) mass is 295 g/mol. The zero-order chi connectivity index (χ0) is 14.7. The molecular weight excluding hydrogens is 282 g/mol. The molecule has 0 atom stereocenters. The highest BCUT2D eigenvalue weighted by Crippen LogP contribution is 2.31. The molecule has 2 aromatic rings. The minimum Gasteiger partial charge on any atom is -0.497 e. The van der Waals surface area contributed by atoms with Crippen LogP contribution < -0.4 is 4.74 Å². The van der Waals surface area contributed by atoms with Gasteiger partial charge in [-0.2, -0.15) is 0 Å². The van der Waals surface area contributed by atoms with Crippen LogP contribution in [0.25, 0.3) is 6.08 Å². The number of benzene rings is 2. The van der Waals surface area contributed by atoms with E-state index in [0.717, 1.165) is 21.9 Å². The fourth-order valence-electron chi connectivity index (χ4n) is 1.96. The minimum absolute atomic E-state index is 0.185. The number of thioether (sulfide) groups is 1. The van der Waals surface area contributed by atoms with Gasteiger partial charge in [-0.05, 0) is 23.8 Å². The molecule has 0 fully saturated rings. The molecule has 0 aromatic heterocycles. The third-order valence-electron chi connectivity index (χ3n) is 3.05. The molecule has 1 heterocycles. The maximum atomic E-state index is 12.0. The van der Waals surface area contributed by atoms with Crippen LogP contribution in [-0.2, 0) is 4.79 Å². The van der Waals surface area contributed by atoms with E-state index in [0.29, 0.717) is 4.91 Å². The molecule has 3 rings (SSSR count). The number of hydrogen-bond acceptors (Lipinski definition) is 3. The van der Waals surface area contributed by atoms with Crippen molar-refractivity contribution in [3.63, 3.8) is 0 Å². The third-order valence-corrected chi connectivity index (χ3v) is 4.09. The van der Waals surface area contributed by atoms with Gasteiger partial charge in [-0.1, -0.05) is 54.2 Å². The quantitative estimate of drug-likeness (QED) is 0.809. The molecule has 2 aromatic carbocycles. The Morgan fingerprint density at radius 3 is 2.43 bits per heavy atom. The first-order chi connectivity index (χ1) is 10.3. The van der Waals surface area contributed by atoms with Gasteiger partial charge in [-0.25, -0.2) is 4.99 Å². The molecule has 104 valence electrons. The van der Waals surface area contributed by atoms with E-state index < -0.39 is 0 Å². The molecule has 0 saturated carbocycles. The van der Waals surface area contributed by atoms with Crippen LogP contribution in [0, 0.1) is 0 Å². The summed E-state index contributed by atoms with van der Waals surface area (Å²) in [5, 5.41) is 0.750. The summed E-state index contributed by atoms with van der Waals surface area (Å²) in [5.41, 5.74) is 1.92. The molecule has 0 aliphatic carbocycles. The highest BCUT2D eigenvalue weighted by atomic mass is 32.2. The Kier molecular flexibility index (Phi) is 3.88. The number of carbonyl (C=O) groups excluding carboxylic acids is 1. The van der Waals surface area contributed by atoms with Gasteiger partial charge >= 0.3 is 0 Å². The lowest BCUT2D eigenvalue weighted by Gasteiger charge is -2.00. The molecule has 1 aliphatic rings. The van der Waals surface area contributed by atoms with E-state index in [9.17, 15) is 4.79 Å². The van der Waals surface area contributed by atoms with Crippen molar-refractivity contribution in [2.24, 2.45) is 4.99 Å². The molecule has 0 saturated heterocycles. The summed E-state index contributed by atoms with van der Waals surface area (Å²) in [6.45, 7) is 0. The number of carbonyl (C=O) groups is 1. The second-order valence-electron chi connectivity index (χ2n) is 4.47. The van der Waals surface area contributed by atoms with E-state index in [-0.39, 0.29) is 5.91 Å². The first-order valence-corrected chi connectivity index (χ1v) is 7.30. The molecule has 21 heavy (non-hydrogen) atoms. The Morgan fingerprint density at radius 1 is 1.05 bits per heavy atom. The van der Waals surface area contributed by atoms with Crippen LogP contribution >= 0.6 is 11.8 Å². The number of ether oxygens (including phenoxy) is 1. The number of nitrogens with zero attached hydrogens (tertiary/aromatic N) is 1. The second-order valence-corrected chi connectivity index (χ2v) is 5.50. The number of methoxy groups -OCH3 is 1. The summed E-state index contributed by atoms with van der Waals surface area (Å²) < 4.78 is 5.12. The molecule has 4 heteroatoms. The van der Waals surface area contributed by atoms with Crippen molar-refractivity contribution in [1.82, 2.24) is 0 Å². The van der Waals surface area contributed by atoms with Crippen LogP contribution in [0.1, 0.15) is 11.1 Å². The van der Waals surface area contributed by atoms with Gasteiger partial charge in [0.15, 0.2) is 0 Å². The van der Waals surface area contributed by atoms with E-state index >= 15 is 0 Å². The number of rotatable bonds is 3. The Hall–Kier alpha value is -2.33. The lowest BCUT2D eigenvalue weighted by Crippen LogP contribution is -1.89. The number of aliphatic imine (C=N–C) groups is 1. The van der Waals surface area contributed by atoms with E-state index in [1.165, 1.54) is 11.8 Å². The lowest BCUT2D eigenvalue weighted by molar-refractivity contribution is -0.113. The first kappa shape index (κ1) is 13.6. The zero-order valence-corrected chi connectivity index (χ0v) is 12.3. The van der Waals surface area contributed by atoms with Crippen LogP contribution in [-0.4, -0.2) is 18.1 Å². The Bertz CT molecular complexity index is 718. The van der Waals surface area contributed by atoms with Crippen LogP contribution in [0.15, 0.2) is 64.5 Å². The molecule has 0 spiro atoms. The zero-order valence-electron chi connectivity index (χ0n) is 11.4. The van der Waals surface area contributed by atoms with Crippen molar-refractivity contribution >= 4 is 28.8 Å². The van der Waals surface area contributed by atoms with Gasteiger partial charge in [-0.3, -0.25) is 4.79 Å². The van der Waals surface area contributed by atoms with Gasteiger partial charge in [0, 0.05) is 5.56 Å². The average molecular weight is 295 g/mol. The smallest absolute Gasteiger partial charge is 0.284 e. The van der Waals surface area contributed by atoms with Gasteiger partial charge < -0.3 is 4.74 Å². The first-order valence-electron chi connectivity index (χ1n) is 6.48. The molecule has 1 amide bonds. The predicted molar refractivity (Wildman–Crippen MR) is 86.5 cm³/mol. The average Bonchev–Trinajstić information content (AvgIpc) is 2.90. The standard InChI is InChI=1S/C17H13NO2S/c1-20-14-9-7-12(8-10-14)11-15-16(19)18-17(21-15)13-5-3-2-4-6-13/h2-11H,1H3/b15-11+. The lowest BCUT2D eigenvalue weighted by atomic mass is 10.2. The van der Waals surface area contributed by atoms with E-state index in [4.69, 9.17) is 4.74 Å². The van der Waals surface area contributed by atoms with E-state index in [2.05, 4.69) is 4.99 Å². The Morgan fingerprint density at radius 2 is 1.76 bits per heavy atom. The van der Waals surface area contributed by atoms with Crippen LogP contribution in [0.3, 0.4) is 0 Å². The normalized spacial score (nSPS) is 16.1. The van der Waals surface area contributed by atoms with Gasteiger partial charge in [-0.15, -0.1) is 0 Å². The van der Waals surface area contributed by atoms with Crippen molar-refractivity contribution in [1.29, 1.82) is 0 Å². The fourth-order valence-corrected chi connectivity index (χ4v) is 2.88. The molecule has 0 radical (unpaired) electrons. The number of amides is 1. The predicted octanol–water partition coefficient (Wildman–Crippen LogP) is 3.76. The van der Waals surface area contributed by atoms with E-state index in [1.807, 2.05) is 60.7 Å². The van der Waals surface area contributed by atoms with Crippen LogP contribution in [0.4, 0.5) is 0 Å².